The fourth-order valence-corrected chi connectivity index (χ4v) is 2.29. The Balaban J connectivity index is 2.34. The van der Waals surface area contributed by atoms with Gasteiger partial charge in [0.15, 0.2) is 0 Å². The van der Waals surface area contributed by atoms with Gasteiger partial charge >= 0.3 is 0 Å². The lowest BCUT2D eigenvalue weighted by atomic mass is 10.1. The molecule has 2 aromatic rings. The van der Waals surface area contributed by atoms with Crippen LogP contribution in [0, 0.1) is 12.8 Å². The van der Waals surface area contributed by atoms with Gasteiger partial charge in [-0.15, -0.1) is 0 Å². The Morgan fingerprint density at radius 3 is 2.83 bits per heavy atom. The van der Waals surface area contributed by atoms with Crippen LogP contribution in [0.3, 0.4) is 0 Å². The number of benzene rings is 1. The summed E-state index contributed by atoms with van der Waals surface area (Å²) in [6.45, 7) is 8.30. The van der Waals surface area contributed by atoms with Crippen LogP contribution in [0.4, 0.5) is 0 Å². The molecule has 18 heavy (non-hydrogen) atoms. The summed E-state index contributed by atoms with van der Waals surface area (Å²) in [5.41, 5.74) is 3.18. The highest BCUT2D eigenvalue weighted by Gasteiger charge is 2.06. The van der Waals surface area contributed by atoms with Crippen molar-refractivity contribution in [2.75, 3.05) is 6.54 Å². The normalized spacial score (nSPS) is 11.4. The Morgan fingerprint density at radius 1 is 1.33 bits per heavy atom. The van der Waals surface area contributed by atoms with Gasteiger partial charge in [-0.05, 0) is 37.1 Å². The summed E-state index contributed by atoms with van der Waals surface area (Å²) in [5.74, 6) is 0.655. The Kier molecular flexibility index (Phi) is 4.20. The molecular formula is C15H19ClN2. The van der Waals surface area contributed by atoms with E-state index in [9.17, 15) is 0 Å². The molecule has 1 aromatic carbocycles. The van der Waals surface area contributed by atoms with E-state index < -0.39 is 0 Å². The molecule has 0 aliphatic rings. The molecule has 0 unspecified atom stereocenters. The highest BCUT2D eigenvalue weighted by atomic mass is 35.5. The predicted octanol–water partition coefficient (Wildman–Crippen LogP) is 3.94. The van der Waals surface area contributed by atoms with Crippen LogP contribution in [0.5, 0.6) is 0 Å². The number of pyridine rings is 1. The number of halogens is 1. The van der Waals surface area contributed by atoms with Crippen molar-refractivity contribution in [2.24, 2.45) is 5.92 Å². The molecule has 0 saturated carbocycles. The number of fused-ring (bicyclic) bond motifs is 1. The number of nitrogens with zero attached hydrogens (tertiary/aromatic N) is 1. The fourth-order valence-electron chi connectivity index (χ4n) is 2.07. The summed E-state index contributed by atoms with van der Waals surface area (Å²) in [4.78, 5) is 4.52. The van der Waals surface area contributed by atoms with Crippen LogP contribution >= 0.6 is 11.6 Å². The molecule has 0 saturated heterocycles. The molecule has 0 amide bonds. The fraction of sp³-hybridized carbons (Fsp3) is 0.400. The van der Waals surface area contributed by atoms with E-state index in [1.807, 2.05) is 19.1 Å². The van der Waals surface area contributed by atoms with Crippen molar-refractivity contribution in [2.45, 2.75) is 27.3 Å². The number of hydrogen-bond donors (Lipinski definition) is 1. The van der Waals surface area contributed by atoms with Crippen LogP contribution in [-0.4, -0.2) is 11.5 Å². The first-order chi connectivity index (χ1) is 8.58. The number of rotatable bonds is 4. The number of hydrogen-bond acceptors (Lipinski definition) is 2. The van der Waals surface area contributed by atoms with Gasteiger partial charge < -0.3 is 5.32 Å². The van der Waals surface area contributed by atoms with E-state index in [1.165, 1.54) is 5.56 Å². The third kappa shape index (κ3) is 3.01. The molecule has 0 fully saturated rings. The molecule has 0 aliphatic heterocycles. The lowest BCUT2D eigenvalue weighted by Gasteiger charge is -2.11. The van der Waals surface area contributed by atoms with Crippen molar-refractivity contribution in [1.82, 2.24) is 10.3 Å². The molecule has 96 valence electrons. The van der Waals surface area contributed by atoms with Gasteiger partial charge in [0.25, 0.3) is 0 Å². The lowest BCUT2D eigenvalue weighted by molar-refractivity contribution is 0.553. The molecule has 0 radical (unpaired) electrons. The molecule has 0 aliphatic carbocycles. The van der Waals surface area contributed by atoms with Gasteiger partial charge in [-0.2, -0.15) is 0 Å². The average molecular weight is 263 g/mol. The highest BCUT2D eigenvalue weighted by molar-refractivity contribution is 6.35. The van der Waals surface area contributed by atoms with Gasteiger partial charge in [-0.3, -0.25) is 4.98 Å². The standard InChI is InChI=1S/C15H19ClN2/c1-10(2)8-17-9-12-7-11(3)18-15-13(12)5-4-6-14(15)16/h4-7,10,17H,8-9H2,1-3H3. The monoisotopic (exact) mass is 262 g/mol. The summed E-state index contributed by atoms with van der Waals surface area (Å²) < 4.78 is 0. The van der Waals surface area contributed by atoms with Crippen molar-refractivity contribution in [3.63, 3.8) is 0 Å². The van der Waals surface area contributed by atoms with Crippen molar-refractivity contribution < 1.29 is 0 Å². The first kappa shape index (κ1) is 13.3. The lowest BCUT2D eigenvalue weighted by Crippen LogP contribution is -2.19. The van der Waals surface area contributed by atoms with Gasteiger partial charge in [-0.1, -0.05) is 37.6 Å². The van der Waals surface area contributed by atoms with E-state index in [0.29, 0.717) is 5.92 Å². The number of para-hydroxylation sites is 1. The molecule has 1 heterocycles. The predicted molar refractivity (Wildman–Crippen MR) is 78.0 cm³/mol. The quantitative estimate of drug-likeness (QED) is 0.903. The van der Waals surface area contributed by atoms with Crippen LogP contribution in [0.25, 0.3) is 10.9 Å². The van der Waals surface area contributed by atoms with E-state index in [1.54, 1.807) is 0 Å². The zero-order chi connectivity index (χ0) is 13.1. The van der Waals surface area contributed by atoms with E-state index in [-0.39, 0.29) is 0 Å². The molecule has 1 N–H and O–H groups in total. The van der Waals surface area contributed by atoms with Crippen molar-refractivity contribution in [1.29, 1.82) is 0 Å². The number of nitrogens with one attached hydrogen (secondary N) is 1. The van der Waals surface area contributed by atoms with Crippen molar-refractivity contribution in [3.8, 4) is 0 Å². The van der Waals surface area contributed by atoms with E-state index >= 15 is 0 Å². The van der Waals surface area contributed by atoms with Crippen molar-refractivity contribution in [3.05, 3.63) is 40.5 Å². The van der Waals surface area contributed by atoms with Gasteiger partial charge in [0.1, 0.15) is 0 Å². The largest absolute Gasteiger partial charge is 0.312 e. The topological polar surface area (TPSA) is 24.9 Å². The van der Waals surface area contributed by atoms with E-state index in [0.717, 1.165) is 34.7 Å². The Labute approximate surface area is 113 Å². The molecule has 0 bridgehead atoms. The number of aromatic nitrogens is 1. The molecule has 2 rings (SSSR count). The number of aryl methyl sites for hydroxylation is 1. The summed E-state index contributed by atoms with van der Waals surface area (Å²) in [6, 6.07) is 8.08. The summed E-state index contributed by atoms with van der Waals surface area (Å²) >= 11 is 6.20. The Hall–Kier alpha value is -1.12. The molecular weight excluding hydrogens is 244 g/mol. The smallest absolute Gasteiger partial charge is 0.0894 e. The summed E-state index contributed by atoms with van der Waals surface area (Å²) in [5, 5.41) is 5.34. The van der Waals surface area contributed by atoms with Gasteiger partial charge in [0, 0.05) is 17.6 Å². The molecule has 1 aromatic heterocycles. The second-order valence-corrected chi connectivity index (χ2v) is 5.49. The minimum absolute atomic E-state index is 0.655. The first-order valence-electron chi connectivity index (χ1n) is 6.33. The summed E-state index contributed by atoms with van der Waals surface area (Å²) in [7, 11) is 0. The molecule has 3 heteroatoms. The third-order valence-electron chi connectivity index (χ3n) is 2.87. The van der Waals surface area contributed by atoms with Crippen LogP contribution in [0.15, 0.2) is 24.3 Å². The maximum atomic E-state index is 6.20. The first-order valence-corrected chi connectivity index (χ1v) is 6.71. The second-order valence-electron chi connectivity index (χ2n) is 5.08. The SMILES string of the molecule is Cc1cc(CNCC(C)C)c2cccc(Cl)c2n1. The average Bonchev–Trinajstić information content (AvgIpc) is 2.30. The minimum Gasteiger partial charge on any atom is -0.312 e. The Morgan fingerprint density at radius 2 is 2.11 bits per heavy atom. The molecule has 0 atom stereocenters. The maximum Gasteiger partial charge on any atom is 0.0894 e. The Bertz CT molecular complexity index is 549. The molecule has 0 spiro atoms. The van der Waals surface area contributed by atoms with E-state index in [4.69, 9.17) is 11.6 Å². The minimum atomic E-state index is 0.655. The third-order valence-corrected chi connectivity index (χ3v) is 3.18. The molecule has 2 nitrogen and oxygen atoms in total. The van der Waals surface area contributed by atoms with Crippen molar-refractivity contribution >= 4 is 22.5 Å². The van der Waals surface area contributed by atoms with Crippen LogP contribution in [-0.2, 0) is 6.54 Å². The highest BCUT2D eigenvalue weighted by Crippen LogP contribution is 2.25. The second kappa shape index (κ2) is 5.68. The zero-order valence-corrected chi connectivity index (χ0v) is 11.9. The van der Waals surface area contributed by atoms with E-state index in [2.05, 4.69) is 36.3 Å². The zero-order valence-electron chi connectivity index (χ0n) is 11.1. The van der Waals surface area contributed by atoms with Crippen LogP contribution in [0.1, 0.15) is 25.1 Å². The maximum absolute atomic E-state index is 6.20. The summed E-state index contributed by atoms with van der Waals surface area (Å²) in [6.07, 6.45) is 0. The van der Waals surface area contributed by atoms with Gasteiger partial charge in [0.2, 0.25) is 0 Å². The van der Waals surface area contributed by atoms with Crippen LogP contribution < -0.4 is 5.32 Å². The van der Waals surface area contributed by atoms with Gasteiger partial charge in [-0.25, -0.2) is 0 Å². The van der Waals surface area contributed by atoms with Gasteiger partial charge in [0.05, 0.1) is 10.5 Å². The van der Waals surface area contributed by atoms with Crippen LogP contribution in [0.2, 0.25) is 5.02 Å².